The summed E-state index contributed by atoms with van der Waals surface area (Å²) in [6.45, 7) is 5.71. The fourth-order valence-electron chi connectivity index (χ4n) is 2.81. The molecule has 1 aromatic carbocycles. The highest BCUT2D eigenvalue weighted by molar-refractivity contribution is 8.00. The maximum Gasteiger partial charge on any atom is 0.230 e. The highest BCUT2D eigenvalue weighted by atomic mass is 32.2. The average Bonchev–Trinajstić information content (AvgIpc) is 3.02. The summed E-state index contributed by atoms with van der Waals surface area (Å²) in [5, 5.41) is 4.91. The molecule has 3 aromatic rings. The minimum absolute atomic E-state index is 0.0600. The van der Waals surface area contributed by atoms with Crippen LogP contribution in [0.1, 0.15) is 24.5 Å². The first-order chi connectivity index (χ1) is 12.2. The van der Waals surface area contributed by atoms with Crippen molar-refractivity contribution in [2.75, 3.05) is 12.3 Å². The Morgan fingerprint density at radius 2 is 2.16 bits per heavy atom. The molecule has 5 heteroatoms. The van der Waals surface area contributed by atoms with Crippen molar-refractivity contribution in [3.8, 4) is 0 Å². The van der Waals surface area contributed by atoms with Gasteiger partial charge in [-0.1, -0.05) is 48.5 Å². The maximum absolute atomic E-state index is 11.8. The molecule has 130 valence electrons. The van der Waals surface area contributed by atoms with Gasteiger partial charge in [-0.15, -0.1) is 0 Å². The van der Waals surface area contributed by atoms with Crippen LogP contribution in [0.25, 0.3) is 10.9 Å². The third-order valence-electron chi connectivity index (χ3n) is 4.01. The number of nitrogens with zero attached hydrogens (tertiary/aromatic N) is 2. The summed E-state index contributed by atoms with van der Waals surface area (Å²) in [7, 11) is 0. The van der Waals surface area contributed by atoms with Crippen LogP contribution in [-0.2, 0) is 11.3 Å². The summed E-state index contributed by atoms with van der Waals surface area (Å²) in [5.74, 6) is 0.458. The molecule has 0 atom stereocenters. The molecule has 2 heterocycles. The van der Waals surface area contributed by atoms with Gasteiger partial charge < -0.3 is 9.88 Å². The Bertz CT molecular complexity index is 872. The number of hydrogen-bond acceptors (Lipinski definition) is 3. The van der Waals surface area contributed by atoms with E-state index in [2.05, 4.69) is 58.3 Å². The average molecular weight is 353 g/mol. The third-order valence-corrected chi connectivity index (χ3v) is 5.01. The van der Waals surface area contributed by atoms with E-state index in [0.717, 1.165) is 35.4 Å². The number of carbonyl (C=O) groups is 1. The lowest BCUT2D eigenvalue weighted by Crippen LogP contribution is -2.25. The van der Waals surface area contributed by atoms with Gasteiger partial charge in [0.15, 0.2) is 0 Å². The smallest absolute Gasteiger partial charge is 0.230 e. The second-order valence-corrected chi connectivity index (χ2v) is 7.08. The number of nitrogens with one attached hydrogen (secondary N) is 1. The first-order valence-electron chi connectivity index (χ1n) is 8.56. The van der Waals surface area contributed by atoms with Crippen LogP contribution in [0, 0.1) is 6.92 Å². The standard InChI is InChI=1S/C20H23N3OS/c1-3-9-21-19(24)14-25-20-17-8-11-23(18(17)7-10-22-20)13-16-6-4-5-15(2)12-16/h4-8,10-12H,3,9,13-14H2,1-2H3,(H,21,24). The zero-order valence-electron chi connectivity index (χ0n) is 14.7. The Morgan fingerprint density at radius 1 is 1.28 bits per heavy atom. The van der Waals surface area contributed by atoms with Crippen molar-refractivity contribution in [1.29, 1.82) is 0 Å². The summed E-state index contributed by atoms with van der Waals surface area (Å²) in [5.41, 5.74) is 3.69. The molecule has 0 bridgehead atoms. The number of aromatic nitrogens is 2. The lowest BCUT2D eigenvalue weighted by atomic mass is 10.1. The van der Waals surface area contributed by atoms with Gasteiger partial charge in [-0.25, -0.2) is 4.98 Å². The Kier molecular flexibility index (Phi) is 5.76. The number of rotatable bonds is 7. The molecule has 0 radical (unpaired) electrons. The Labute approximate surface area is 152 Å². The molecule has 4 nitrogen and oxygen atoms in total. The number of pyridine rings is 1. The molecule has 3 rings (SSSR count). The van der Waals surface area contributed by atoms with Crippen LogP contribution in [0.3, 0.4) is 0 Å². The highest BCUT2D eigenvalue weighted by Crippen LogP contribution is 2.27. The van der Waals surface area contributed by atoms with E-state index in [0.29, 0.717) is 5.75 Å². The fourth-order valence-corrected chi connectivity index (χ4v) is 3.64. The number of amides is 1. The Morgan fingerprint density at radius 3 is 2.96 bits per heavy atom. The van der Waals surface area contributed by atoms with Gasteiger partial charge >= 0.3 is 0 Å². The van der Waals surface area contributed by atoms with E-state index >= 15 is 0 Å². The number of benzene rings is 1. The normalized spacial score (nSPS) is 11.0. The minimum Gasteiger partial charge on any atom is -0.355 e. The third kappa shape index (κ3) is 4.42. The second-order valence-electron chi connectivity index (χ2n) is 6.12. The molecule has 25 heavy (non-hydrogen) atoms. The second kappa shape index (κ2) is 8.21. The predicted octanol–water partition coefficient (Wildman–Crippen LogP) is 4.01. The monoisotopic (exact) mass is 353 g/mol. The molecule has 0 fully saturated rings. The summed E-state index contributed by atoms with van der Waals surface area (Å²) < 4.78 is 2.23. The lowest BCUT2D eigenvalue weighted by molar-refractivity contribution is -0.118. The number of carbonyl (C=O) groups excluding carboxylic acids is 1. The summed E-state index contributed by atoms with van der Waals surface area (Å²) in [6.07, 6.45) is 4.86. The lowest BCUT2D eigenvalue weighted by Gasteiger charge is -2.08. The topological polar surface area (TPSA) is 46.9 Å². The summed E-state index contributed by atoms with van der Waals surface area (Å²) >= 11 is 1.49. The Balaban J connectivity index is 1.76. The van der Waals surface area contributed by atoms with Gasteiger partial charge in [-0.3, -0.25) is 4.79 Å². The summed E-state index contributed by atoms with van der Waals surface area (Å²) in [4.78, 5) is 16.3. The van der Waals surface area contributed by atoms with Crippen LogP contribution < -0.4 is 5.32 Å². The molecule has 0 aliphatic rings. The van der Waals surface area contributed by atoms with Crippen LogP contribution in [0.4, 0.5) is 0 Å². The molecule has 0 saturated carbocycles. The quantitative estimate of drug-likeness (QED) is 0.653. The molecule has 0 unspecified atom stereocenters. The van der Waals surface area contributed by atoms with E-state index < -0.39 is 0 Å². The number of thioether (sulfide) groups is 1. The molecule has 1 N–H and O–H groups in total. The van der Waals surface area contributed by atoms with Gasteiger partial charge in [0, 0.05) is 30.9 Å². The molecule has 0 saturated heterocycles. The Hall–Kier alpha value is -2.27. The van der Waals surface area contributed by atoms with Gasteiger partial charge in [-0.05, 0) is 31.0 Å². The van der Waals surface area contributed by atoms with Crippen LogP contribution in [-0.4, -0.2) is 27.8 Å². The predicted molar refractivity (Wildman–Crippen MR) is 104 cm³/mol. The van der Waals surface area contributed by atoms with Gasteiger partial charge in [0.1, 0.15) is 5.03 Å². The molecule has 0 spiro atoms. The van der Waals surface area contributed by atoms with Crippen LogP contribution in [0.2, 0.25) is 0 Å². The molecule has 0 aliphatic carbocycles. The van der Waals surface area contributed by atoms with E-state index in [1.165, 1.54) is 22.9 Å². The van der Waals surface area contributed by atoms with Crippen molar-refractivity contribution in [3.63, 3.8) is 0 Å². The number of aryl methyl sites for hydroxylation is 1. The van der Waals surface area contributed by atoms with E-state index in [9.17, 15) is 4.79 Å². The van der Waals surface area contributed by atoms with Gasteiger partial charge in [0.05, 0.1) is 11.3 Å². The molecule has 1 amide bonds. The fraction of sp³-hybridized carbons (Fsp3) is 0.300. The van der Waals surface area contributed by atoms with E-state index in [4.69, 9.17) is 0 Å². The van der Waals surface area contributed by atoms with Crippen molar-refractivity contribution in [1.82, 2.24) is 14.9 Å². The van der Waals surface area contributed by atoms with Crippen molar-refractivity contribution in [2.24, 2.45) is 0 Å². The molecular weight excluding hydrogens is 330 g/mol. The van der Waals surface area contributed by atoms with Gasteiger partial charge in [0.25, 0.3) is 0 Å². The first kappa shape index (κ1) is 17.5. The van der Waals surface area contributed by atoms with Crippen molar-refractivity contribution < 1.29 is 4.79 Å². The molecule has 2 aromatic heterocycles. The highest BCUT2D eigenvalue weighted by Gasteiger charge is 2.10. The minimum atomic E-state index is 0.0600. The summed E-state index contributed by atoms with van der Waals surface area (Å²) in [6, 6.07) is 12.7. The zero-order chi connectivity index (χ0) is 17.6. The molecule has 0 aliphatic heterocycles. The largest absolute Gasteiger partial charge is 0.355 e. The van der Waals surface area contributed by atoms with Crippen LogP contribution in [0.5, 0.6) is 0 Å². The van der Waals surface area contributed by atoms with Crippen molar-refractivity contribution in [3.05, 3.63) is 59.9 Å². The van der Waals surface area contributed by atoms with Gasteiger partial charge in [0.2, 0.25) is 5.91 Å². The van der Waals surface area contributed by atoms with Crippen molar-refractivity contribution in [2.45, 2.75) is 31.8 Å². The van der Waals surface area contributed by atoms with Crippen LogP contribution >= 0.6 is 11.8 Å². The van der Waals surface area contributed by atoms with Gasteiger partial charge in [-0.2, -0.15) is 0 Å². The SMILES string of the molecule is CCCNC(=O)CSc1nccc2c1ccn2Cc1cccc(C)c1. The van der Waals surface area contributed by atoms with E-state index in [1.54, 1.807) is 0 Å². The molecular formula is C20H23N3OS. The first-order valence-corrected chi connectivity index (χ1v) is 9.55. The number of hydrogen-bond donors (Lipinski definition) is 1. The van der Waals surface area contributed by atoms with Crippen molar-refractivity contribution >= 4 is 28.6 Å². The van der Waals surface area contributed by atoms with E-state index in [-0.39, 0.29) is 5.91 Å². The maximum atomic E-state index is 11.8. The van der Waals surface area contributed by atoms with Crippen LogP contribution in [0.15, 0.2) is 53.8 Å². The van der Waals surface area contributed by atoms with E-state index in [1.807, 2.05) is 19.2 Å². The number of fused-ring (bicyclic) bond motifs is 1. The zero-order valence-corrected chi connectivity index (χ0v) is 15.5.